The van der Waals surface area contributed by atoms with Crippen LogP contribution in [0, 0.1) is 5.41 Å². The maximum atomic E-state index is 13.3. The lowest BCUT2D eigenvalue weighted by Crippen LogP contribution is -2.53. The summed E-state index contributed by atoms with van der Waals surface area (Å²) in [5, 5.41) is 8.39. The standard InChI is InChI=1S/C19H31N5O/c1-15(2)24-14-20-21-17(24)12-22-11-9-19(13-22)8-5-10-23(18(19)25)16-6-3-4-7-16/h14-16H,3-13H2,1-2H3/t19-/m1/s1. The van der Waals surface area contributed by atoms with Crippen LogP contribution in [0.25, 0.3) is 0 Å². The Morgan fingerprint density at radius 3 is 2.76 bits per heavy atom. The van der Waals surface area contributed by atoms with Crippen LogP contribution < -0.4 is 0 Å². The van der Waals surface area contributed by atoms with Gasteiger partial charge in [-0.25, -0.2) is 0 Å². The van der Waals surface area contributed by atoms with Crippen molar-refractivity contribution in [1.29, 1.82) is 0 Å². The average molecular weight is 345 g/mol. The summed E-state index contributed by atoms with van der Waals surface area (Å²) in [4.78, 5) is 18.0. The molecule has 3 heterocycles. The predicted octanol–water partition coefficient (Wildman–Crippen LogP) is 2.62. The molecule has 1 amide bonds. The Balaban J connectivity index is 1.45. The Labute approximate surface area is 150 Å². The van der Waals surface area contributed by atoms with Gasteiger partial charge in [-0.15, -0.1) is 10.2 Å². The van der Waals surface area contributed by atoms with E-state index in [2.05, 4.69) is 38.4 Å². The highest BCUT2D eigenvalue weighted by Crippen LogP contribution is 2.42. The summed E-state index contributed by atoms with van der Waals surface area (Å²) < 4.78 is 2.14. The second-order valence-electron chi connectivity index (χ2n) is 8.53. The summed E-state index contributed by atoms with van der Waals surface area (Å²) in [5.41, 5.74) is -0.135. The molecule has 6 nitrogen and oxygen atoms in total. The molecule has 0 N–H and O–H groups in total. The maximum Gasteiger partial charge on any atom is 0.230 e. The van der Waals surface area contributed by atoms with E-state index >= 15 is 0 Å². The zero-order valence-corrected chi connectivity index (χ0v) is 15.7. The molecule has 3 fully saturated rings. The number of nitrogens with zero attached hydrogens (tertiary/aromatic N) is 5. The molecule has 2 aliphatic heterocycles. The number of carbonyl (C=O) groups excluding carboxylic acids is 1. The van der Waals surface area contributed by atoms with Crippen molar-refractivity contribution in [3.63, 3.8) is 0 Å². The van der Waals surface area contributed by atoms with Crippen molar-refractivity contribution >= 4 is 5.91 Å². The average Bonchev–Trinajstić information content (AvgIpc) is 3.32. The van der Waals surface area contributed by atoms with Gasteiger partial charge in [-0.05, 0) is 52.5 Å². The summed E-state index contributed by atoms with van der Waals surface area (Å²) in [6, 6.07) is 0.887. The minimum absolute atomic E-state index is 0.135. The molecular weight excluding hydrogens is 314 g/mol. The molecule has 0 unspecified atom stereocenters. The molecule has 1 aromatic heterocycles. The third kappa shape index (κ3) is 3.09. The maximum absolute atomic E-state index is 13.3. The van der Waals surface area contributed by atoms with Crippen LogP contribution in [-0.4, -0.2) is 56.1 Å². The minimum Gasteiger partial charge on any atom is -0.339 e. The molecule has 1 aromatic rings. The van der Waals surface area contributed by atoms with Gasteiger partial charge < -0.3 is 9.47 Å². The van der Waals surface area contributed by atoms with E-state index in [4.69, 9.17) is 0 Å². The third-order valence-corrected chi connectivity index (χ3v) is 6.54. The van der Waals surface area contributed by atoms with Crippen molar-refractivity contribution in [2.75, 3.05) is 19.6 Å². The molecule has 1 aliphatic carbocycles. The number of rotatable bonds is 4. The third-order valence-electron chi connectivity index (χ3n) is 6.54. The molecular formula is C19H31N5O. The topological polar surface area (TPSA) is 54.3 Å². The van der Waals surface area contributed by atoms with Crippen LogP contribution in [0.2, 0.25) is 0 Å². The van der Waals surface area contributed by atoms with Gasteiger partial charge in [0.15, 0.2) is 0 Å². The van der Waals surface area contributed by atoms with Crippen molar-refractivity contribution in [3.8, 4) is 0 Å². The van der Waals surface area contributed by atoms with Gasteiger partial charge in [0.05, 0.1) is 12.0 Å². The van der Waals surface area contributed by atoms with Crippen LogP contribution in [0.4, 0.5) is 0 Å². The Morgan fingerprint density at radius 1 is 1.20 bits per heavy atom. The van der Waals surface area contributed by atoms with Crippen LogP contribution in [0.5, 0.6) is 0 Å². The van der Waals surface area contributed by atoms with Crippen molar-refractivity contribution < 1.29 is 4.79 Å². The van der Waals surface area contributed by atoms with Crippen LogP contribution in [0.15, 0.2) is 6.33 Å². The van der Waals surface area contributed by atoms with Crippen LogP contribution in [0.1, 0.15) is 70.7 Å². The van der Waals surface area contributed by atoms with E-state index in [1.807, 2.05) is 6.33 Å². The second-order valence-corrected chi connectivity index (χ2v) is 8.53. The smallest absolute Gasteiger partial charge is 0.230 e. The lowest BCUT2D eigenvalue weighted by molar-refractivity contribution is -0.148. The summed E-state index contributed by atoms with van der Waals surface area (Å²) in [7, 11) is 0. The number of amides is 1. The minimum atomic E-state index is -0.135. The molecule has 1 spiro atoms. The highest BCUT2D eigenvalue weighted by Gasteiger charge is 2.49. The number of hydrogen-bond donors (Lipinski definition) is 0. The first-order valence-electron chi connectivity index (χ1n) is 10.0. The number of hydrogen-bond acceptors (Lipinski definition) is 4. The molecule has 1 saturated carbocycles. The molecule has 138 valence electrons. The van der Waals surface area contributed by atoms with E-state index in [1.54, 1.807) is 0 Å². The predicted molar refractivity (Wildman–Crippen MR) is 95.9 cm³/mol. The first-order valence-corrected chi connectivity index (χ1v) is 10.0. The number of carbonyl (C=O) groups is 1. The summed E-state index contributed by atoms with van der Waals surface area (Å²) in [5.74, 6) is 1.46. The van der Waals surface area contributed by atoms with Gasteiger partial charge in [0, 0.05) is 25.2 Å². The first-order chi connectivity index (χ1) is 12.1. The van der Waals surface area contributed by atoms with Crippen molar-refractivity contribution in [1.82, 2.24) is 24.6 Å². The zero-order chi connectivity index (χ0) is 17.4. The van der Waals surface area contributed by atoms with Crippen molar-refractivity contribution in [2.24, 2.45) is 5.41 Å². The fourth-order valence-electron chi connectivity index (χ4n) is 5.15. The first kappa shape index (κ1) is 17.0. The summed E-state index contributed by atoms with van der Waals surface area (Å²) >= 11 is 0. The highest BCUT2D eigenvalue weighted by molar-refractivity contribution is 5.84. The molecule has 0 radical (unpaired) electrons. The summed E-state index contributed by atoms with van der Waals surface area (Å²) in [6.07, 6.45) is 10.0. The Kier molecular flexibility index (Phi) is 4.56. The monoisotopic (exact) mass is 345 g/mol. The fraction of sp³-hybridized carbons (Fsp3) is 0.842. The van der Waals surface area contributed by atoms with Crippen LogP contribution >= 0.6 is 0 Å². The molecule has 2 saturated heterocycles. The van der Waals surface area contributed by atoms with Gasteiger partial charge in [0.25, 0.3) is 0 Å². The molecule has 3 aliphatic rings. The van der Waals surface area contributed by atoms with Gasteiger partial charge in [-0.3, -0.25) is 9.69 Å². The van der Waals surface area contributed by atoms with Gasteiger partial charge in [-0.2, -0.15) is 0 Å². The summed E-state index contributed by atoms with van der Waals surface area (Å²) in [6.45, 7) is 7.98. The molecule has 0 bridgehead atoms. The van der Waals surface area contributed by atoms with Gasteiger partial charge in [-0.1, -0.05) is 12.8 Å². The molecule has 25 heavy (non-hydrogen) atoms. The molecule has 4 rings (SSSR count). The van der Waals surface area contributed by atoms with Gasteiger partial charge in [0.2, 0.25) is 5.91 Å². The van der Waals surface area contributed by atoms with Crippen molar-refractivity contribution in [3.05, 3.63) is 12.2 Å². The highest BCUT2D eigenvalue weighted by atomic mass is 16.2. The van der Waals surface area contributed by atoms with Gasteiger partial charge >= 0.3 is 0 Å². The van der Waals surface area contributed by atoms with E-state index in [9.17, 15) is 4.79 Å². The zero-order valence-electron chi connectivity index (χ0n) is 15.7. The SMILES string of the molecule is CC(C)n1cnnc1CN1CC[C@]2(CCCN(C3CCCC3)C2=O)C1. The Morgan fingerprint density at radius 2 is 2.00 bits per heavy atom. The second kappa shape index (κ2) is 6.71. The fourth-order valence-corrected chi connectivity index (χ4v) is 5.15. The lowest BCUT2D eigenvalue weighted by Gasteiger charge is -2.42. The quantitative estimate of drug-likeness (QED) is 0.842. The van der Waals surface area contributed by atoms with Gasteiger partial charge in [0.1, 0.15) is 12.2 Å². The largest absolute Gasteiger partial charge is 0.339 e. The van der Waals surface area contributed by atoms with E-state index in [0.29, 0.717) is 18.0 Å². The molecule has 1 atom stereocenters. The molecule has 6 heteroatoms. The lowest BCUT2D eigenvalue weighted by atomic mass is 9.77. The van der Waals surface area contributed by atoms with E-state index in [0.717, 1.165) is 51.3 Å². The van der Waals surface area contributed by atoms with E-state index in [-0.39, 0.29) is 5.41 Å². The number of piperidine rings is 1. The van der Waals surface area contributed by atoms with Crippen LogP contribution in [0.3, 0.4) is 0 Å². The normalized spacial score (nSPS) is 28.8. The van der Waals surface area contributed by atoms with Crippen LogP contribution in [-0.2, 0) is 11.3 Å². The van der Waals surface area contributed by atoms with E-state index < -0.39 is 0 Å². The van der Waals surface area contributed by atoms with Crippen molar-refractivity contribution in [2.45, 2.75) is 77.4 Å². The Hall–Kier alpha value is -1.43. The number of aromatic nitrogens is 3. The van der Waals surface area contributed by atoms with E-state index in [1.165, 1.54) is 25.7 Å². The molecule has 0 aromatic carbocycles. The Bertz CT molecular complexity index is 621. The number of likely N-dealkylation sites (tertiary alicyclic amines) is 2.